The fourth-order valence-electron chi connectivity index (χ4n) is 1.07. The molecule has 0 spiro atoms. The van der Waals surface area contributed by atoms with Crippen LogP contribution in [0.1, 0.15) is 12.8 Å². The van der Waals surface area contributed by atoms with Crippen molar-refractivity contribution < 1.29 is 14.3 Å². The molecule has 0 aliphatic carbocycles. The molecule has 4 heteroatoms. The monoisotopic (exact) mass is 209 g/mol. The van der Waals surface area contributed by atoms with Crippen molar-refractivity contribution in [3.05, 3.63) is 36.2 Å². The molecular weight excluding hydrogens is 197 g/mol. The van der Waals surface area contributed by atoms with Crippen LogP contribution in [0.5, 0.6) is 0 Å². The predicted octanol–water partition coefficient (Wildman–Crippen LogP) is 2.27. The third-order valence-corrected chi connectivity index (χ3v) is 1.84. The van der Waals surface area contributed by atoms with Crippen LogP contribution >= 0.6 is 0 Å². The van der Waals surface area contributed by atoms with Gasteiger partial charge in [0.15, 0.2) is 0 Å². The lowest BCUT2D eigenvalue weighted by molar-refractivity contribution is -0.129. The quantitative estimate of drug-likeness (QED) is 0.720. The second kappa shape index (κ2) is 5.90. The molecule has 1 aliphatic rings. The standard InChI is InChI=1S/C11H12FNO2/c12-9-6-4-2-1-3-5-7-10(11(14)15)13-8-9/h1-3,5-6H,4,7-8H2,(H,14,15)/b2-1-,5-3-,9-6+,13-10?. The van der Waals surface area contributed by atoms with Crippen molar-refractivity contribution in [2.24, 2.45) is 4.99 Å². The maximum Gasteiger partial charge on any atom is 0.350 e. The summed E-state index contributed by atoms with van der Waals surface area (Å²) in [6.07, 6.45) is 9.07. The molecule has 1 N–H and O–H groups in total. The number of aliphatic carboxylic acids is 1. The third kappa shape index (κ3) is 4.35. The van der Waals surface area contributed by atoms with Crippen molar-refractivity contribution in [2.75, 3.05) is 6.54 Å². The Labute approximate surface area is 87.3 Å². The molecule has 3 nitrogen and oxygen atoms in total. The van der Waals surface area contributed by atoms with E-state index >= 15 is 0 Å². The van der Waals surface area contributed by atoms with Crippen molar-refractivity contribution in [1.29, 1.82) is 0 Å². The van der Waals surface area contributed by atoms with Crippen LogP contribution in [0.4, 0.5) is 4.39 Å². The van der Waals surface area contributed by atoms with Crippen LogP contribution in [-0.4, -0.2) is 23.3 Å². The minimum absolute atomic E-state index is 0.0231. The van der Waals surface area contributed by atoms with Gasteiger partial charge >= 0.3 is 5.97 Å². The molecule has 0 radical (unpaired) electrons. The van der Waals surface area contributed by atoms with E-state index < -0.39 is 11.8 Å². The molecule has 0 aromatic rings. The van der Waals surface area contributed by atoms with Gasteiger partial charge in [-0.1, -0.05) is 24.3 Å². The summed E-state index contributed by atoms with van der Waals surface area (Å²) in [7, 11) is 0. The highest BCUT2D eigenvalue weighted by Gasteiger charge is 2.07. The van der Waals surface area contributed by atoms with Gasteiger partial charge in [-0.25, -0.2) is 9.18 Å². The first-order valence-electron chi connectivity index (χ1n) is 4.63. The van der Waals surface area contributed by atoms with Crippen molar-refractivity contribution in [2.45, 2.75) is 12.8 Å². The van der Waals surface area contributed by atoms with E-state index in [0.717, 1.165) is 0 Å². The Morgan fingerprint density at radius 2 is 2.13 bits per heavy atom. The summed E-state index contributed by atoms with van der Waals surface area (Å²) < 4.78 is 13.0. The fraction of sp³-hybridized carbons (Fsp3) is 0.273. The van der Waals surface area contributed by atoms with E-state index in [-0.39, 0.29) is 18.7 Å². The van der Waals surface area contributed by atoms with Gasteiger partial charge in [0.25, 0.3) is 0 Å². The molecule has 0 bridgehead atoms. The topological polar surface area (TPSA) is 49.7 Å². The number of halogens is 1. The van der Waals surface area contributed by atoms with Crippen LogP contribution in [0, 0.1) is 0 Å². The van der Waals surface area contributed by atoms with Crippen molar-refractivity contribution in [3.63, 3.8) is 0 Å². The largest absolute Gasteiger partial charge is 0.477 e. The smallest absolute Gasteiger partial charge is 0.350 e. The number of aliphatic imine (C=N–C) groups is 1. The van der Waals surface area contributed by atoms with E-state index in [1.54, 1.807) is 24.3 Å². The molecule has 1 aliphatic heterocycles. The highest BCUT2D eigenvalue weighted by atomic mass is 19.1. The average Bonchev–Trinajstić information content (AvgIpc) is 2.23. The molecule has 0 fully saturated rings. The van der Waals surface area contributed by atoms with Gasteiger partial charge in [-0.2, -0.15) is 0 Å². The van der Waals surface area contributed by atoms with Crippen molar-refractivity contribution in [1.82, 2.24) is 0 Å². The van der Waals surface area contributed by atoms with E-state index in [1.165, 1.54) is 6.08 Å². The molecule has 0 aromatic heterocycles. The molecule has 0 saturated heterocycles. The lowest BCUT2D eigenvalue weighted by Gasteiger charge is -1.96. The van der Waals surface area contributed by atoms with Gasteiger partial charge in [0.05, 0.1) is 6.54 Å². The summed E-state index contributed by atoms with van der Waals surface area (Å²) in [5, 5.41) is 8.75. The number of carboxylic acid groups (broad SMARTS) is 1. The second-order valence-electron chi connectivity index (χ2n) is 3.02. The van der Waals surface area contributed by atoms with Gasteiger partial charge in [-0.3, -0.25) is 4.99 Å². The Balaban J connectivity index is 2.84. The Morgan fingerprint density at radius 1 is 1.40 bits per heavy atom. The summed E-state index contributed by atoms with van der Waals surface area (Å²) in [6.45, 7) is -0.191. The summed E-state index contributed by atoms with van der Waals surface area (Å²) in [4.78, 5) is 14.4. The first-order valence-corrected chi connectivity index (χ1v) is 4.63. The zero-order valence-corrected chi connectivity index (χ0v) is 8.19. The number of carbonyl (C=O) groups is 1. The van der Waals surface area contributed by atoms with E-state index in [2.05, 4.69) is 4.99 Å². The van der Waals surface area contributed by atoms with Gasteiger partial charge in [-0.05, 0) is 12.5 Å². The van der Waals surface area contributed by atoms with Gasteiger partial charge < -0.3 is 5.11 Å². The SMILES string of the molecule is O=C(O)C1=NC/C(F)=C\C/C=C\C=C/C1. The van der Waals surface area contributed by atoms with E-state index in [4.69, 9.17) is 5.11 Å². The van der Waals surface area contributed by atoms with Gasteiger partial charge in [0, 0.05) is 6.42 Å². The Hall–Kier alpha value is -1.71. The molecular formula is C11H12FNO2. The fourth-order valence-corrected chi connectivity index (χ4v) is 1.07. The normalized spacial score (nSPS) is 25.4. The van der Waals surface area contributed by atoms with E-state index in [0.29, 0.717) is 6.42 Å². The third-order valence-electron chi connectivity index (χ3n) is 1.84. The lowest BCUT2D eigenvalue weighted by atomic mass is 10.2. The molecule has 1 rings (SSSR count). The van der Waals surface area contributed by atoms with E-state index in [1.807, 2.05) is 0 Å². The molecule has 0 aromatic carbocycles. The van der Waals surface area contributed by atoms with Gasteiger partial charge in [-0.15, -0.1) is 0 Å². The minimum atomic E-state index is -1.10. The number of rotatable bonds is 1. The highest BCUT2D eigenvalue weighted by Crippen LogP contribution is 2.03. The lowest BCUT2D eigenvalue weighted by Crippen LogP contribution is -2.12. The van der Waals surface area contributed by atoms with Crippen LogP contribution < -0.4 is 0 Å². The Bertz CT molecular complexity index is 354. The maximum atomic E-state index is 13.0. The first kappa shape index (κ1) is 11.4. The summed E-state index contributed by atoms with van der Waals surface area (Å²) in [5.41, 5.74) is -0.0231. The highest BCUT2D eigenvalue weighted by molar-refractivity contribution is 6.36. The Kier molecular flexibility index (Phi) is 4.47. The molecule has 0 unspecified atom stereocenters. The average molecular weight is 209 g/mol. The first-order chi connectivity index (χ1) is 7.20. The second-order valence-corrected chi connectivity index (χ2v) is 3.02. The zero-order chi connectivity index (χ0) is 11.1. The molecule has 0 amide bonds. The van der Waals surface area contributed by atoms with Crippen molar-refractivity contribution in [3.8, 4) is 0 Å². The molecule has 0 atom stereocenters. The number of carboxylic acids is 1. The number of allylic oxidation sites excluding steroid dienone is 5. The predicted molar refractivity (Wildman–Crippen MR) is 56.6 cm³/mol. The van der Waals surface area contributed by atoms with E-state index in [9.17, 15) is 9.18 Å². The maximum absolute atomic E-state index is 13.0. The minimum Gasteiger partial charge on any atom is -0.477 e. The zero-order valence-electron chi connectivity index (χ0n) is 8.19. The summed E-state index contributed by atoms with van der Waals surface area (Å²) in [6, 6.07) is 0. The molecule has 0 saturated carbocycles. The number of hydrogen-bond acceptors (Lipinski definition) is 2. The van der Waals surface area contributed by atoms with Crippen LogP contribution in [0.15, 0.2) is 41.2 Å². The number of hydrogen-bond donors (Lipinski definition) is 1. The molecule has 15 heavy (non-hydrogen) atoms. The summed E-state index contributed by atoms with van der Waals surface area (Å²) in [5.74, 6) is -1.50. The van der Waals surface area contributed by atoms with Crippen molar-refractivity contribution >= 4 is 11.7 Å². The van der Waals surface area contributed by atoms with Gasteiger partial charge in [0.1, 0.15) is 11.5 Å². The number of nitrogens with zero attached hydrogens (tertiary/aromatic N) is 1. The molecule has 80 valence electrons. The molecule has 1 heterocycles. The van der Waals surface area contributed by atoms with Crippen LogP contribution in [0.3, 0.4) is 0 Å². The van der Waals surface area contributed by atoms with Crippen LogP contribution in [0.25, 0.3) is 0 Å². The van der Waals surface area contributed by atoms with Crippen LogP contribution in [-0.2, 0) is 4.79 Å². The van der Waals surface area contributed by atoms with Crippen LogP contribution in [0.2, 0.25) is 0 Å². The summed E-state index contributed by atoms with van der Waals surface area (Å²) >= 11 is 0. The Morgan fingerprint density at radius 3 is 2.87 bits per heavy atom. The van der Waals surface area contributed by atoms with Gasteiger partial charge in [0.2, 0.25) is 0 Å².